The van der Waals surface area contributed by atoms with Gasteiger partial charge in [-0.25, -0.2) is 4.98 Å². The van der Waals surface area contributed by atoms with Gasteiger partial charge in [0.15, 0.2) is 0 Å². The van der Waals surface area contributed by atoms with Gasteiger partial charge in [0.05, 0.1) is 6.04 Å². The molecule has 17 heavy (non-hydrogen) atoms. The maximum Gasteiger partial charge on any atom is 0.203 e. The summed E-state index contributed by atoms with van der Waals surface area (Å²) in [5.41, 5.74) is 1.24. The van der Waals surface area contributed by atoms with Gasteiger partial charge in [-0.05, 0) is 31.5 Å². The predicted octanol–water partition coefficient (Wildman–Crippen LogP) is 3.84. The average Bonchev–Trinajstić information content (AvgIpc) is 2.76. The van der Waals surface area contributed by atoms with Crippen LogP contribution in [0.5, 0.6) is 0 Å². The molecule has 1 atom stereocenters. The third kappa shape index (κ3) is 2.88. The van der Waals surface area contributed by atoms with E-state index in [1.54, 1.807) is 0 Å². The van der Waals surface area contributed by atoms with Gasteiger partial charge in [0, 0.05) is 23.4 Å². The van der Waals surface area contributed by atoms with Crippen LogP contribution in [-0.4, -0.2) is 9.55 Å². The molecule has 0 aliphatic carbocycles. The molecule has 0 radical (unpaired) electrons. The summed E-state index contributed by atoms with van der Waals surface area (Å²) < 4.78 is 3.19. The normalized spacial score (nSPS) is 12.4. The molecule has 3 nitrogen and oxygen atoms in total. The molecule has 1 N–H and O–H groups in total. The Morgan fingerprint density at radius 2 is 2.29 bits per heavy atom. The molecule has 0 fully saturated rings. The SMILES string of the molecule is CCn1ccnc1NC(C)c1cccc(Br)c1. The van der Waals surface area contributed by atoms with Gasteiger partial charge in [-0.3, -0.25) is 0 Å². The van der Waals surface area contributed by atoms with E-state index in [9.17, 15) is 0 Å². The van der Waals surface area contributed by atoms with E-state index < -0.39 is 0 Å². The maximum atomic E-state index is 4.32. The molecule has 0 saturated heterocycles. The number of aromatic nitrogens is 2. The Bertz CT molecular complexity index is 493. The molecule has 0 aliphatic heterocycles. The monoisotopic (exact) mass is 293 g/mol. The molecule has 0 aliphatic rings. The van der Waals surface area contributed by atoms with Gasteiger partial charge < -0.3 is 9.88 Å². The highest BCUT2D eigenvalue weighted by molar-refractivity contribution is 9.10. The summed E-state index contributed by atoms with van der Waals surface area (Å²) in [6.07, 6.45) is 3.80. The lowest BCUT2D eigenvalue weighted by molar-refractivity contribution is 0.744. The van der Waals surface area contributed by atoms with Crippen LogP contribution in [0.3, 0.4) is 0 Å². The number of benzene rings is 1. The third-order valence-electron chi connectivity index (χ3n) is 2.75. The summed E-state index contributed by atoms with van der Waals surface area (Å²) in [4.78, 5) is 4.32. The molecule has 1 unspecified atom stereocenters. The molecule has 0 bridgehead atoms. The third-order valence-corrected chi connectivity index (χ3v) is 3.24. The van der Waals surface area contributed by atoms with E-state index in [1.807, 2.05) is 24.5 Å². The minimum absolute atomic E-state index is 0.236. The summed E-state index contributed by atoms with van der Waals surface area (Å²) in [6, 6.07) is 8.55. The standard InChI is InChI=1S/C13H16BrN3/c1-3-17-8-7-15-13(17)16-10(2)11-5-4-6-12(14)9-11/h4-10H,3H2,1-2H3,(H,15,16). The van der Waals surface area contributed by atoms with Crippen molar-refractivity contribution >= 4 is 21.9 Å². The van der Waals surface area contributed by atoms with Gasteiger partial charge in [0.25, 0.3) is 0 Å². The molecular formula is C13H16BrN3. The van der Waals surface area contributed by atoms with Crippen LogP contribution >= 0.6 is 15.9 Å². The average molecular weight is 294 g/mol. The largest absolute Gasteiger partial charge is 0.349 e. The second-order valence-electron chi connectivity index (χ2n) is 3.96. The highest BCUT2D eigenvalue weighted by Crippen LogP contribution is 2.21. The molecule has 4 heteroatoms. The van der Waals surface area contributed by atoms with Crippen molar-refractivity contribution in [1.29, 1.82) is 0 Å². The maximum absolute atomic E-state index is 4.32. The van der Waals surface area contributed by atoms with Gasteiger partial charge in [-0.1, -0.05) is 28.1 Å². The Kier molecular flexibility index (Phi) is 3.84. The van der Waals surface area contributed by atoms with Crippen LogP contribution in [0.15, 0.2) is 41.1 Å². The summed E-state index contributed by atoms with van der Waals surface area (Å²) in [6.45, 7) is 5.17. The number of rotatable bonds is 4. The van der Waals surface area contributed by atoms with Crippen molar-refractivity contribution in [1.82, 2.24) is 9.55 Å². The molecular weight excluding hydrogens is 278 g/mol. The van der Waals surface area contributed by atoms with Crippen molar-refractivity contribution < 1.29 is 0 Å². The van der Waals surface area contributed by atoms with E-state index in [0.717, 1.165) is 17.0 Å². The van der Waals surface area contributed by atoms with Crippen LogP contribution in [0.1, 0.15) is 25.5 Å². The van der Waals surface area contributed by atoms with E-state index >= 15 is 0 Å². The van der Waals surface area contributed by atoms with Crippen molar-refractivity contribution in [2.24, 2.45) is 0 Å². The topological polar surface area (TPSA) is 29.9 Å². The van der Waals surface area contributed by atoms with E-state index in [2.05, 4.69) is 56.8 Å². The Hall–Kier alpha value is -1.29. The van der Waals surface area contributed by atoms with Gasteiger partial charge in [-0.15, -0.1) is 0 Å². The molecule has 2 aromatic rings. The predicted molar refractivity (Wildman–Crippen MR) is 74.1 cm³/mol. The zero-order valence-corrected chi connectivity index (χ0v) is 11.6. The molecule has 90 valence electrons. The second-order valence-corrected chi connectivity index (χ2v) is 4.87. The zero-order chi connectivity index (χ0) is 12.3. The molecule has 0 saturated carbocycles. The van der Waals surface area contributed by atoms with Crippen LogP contribution in [0.4, 0.5) is 5.95 Å². The Morgan fingerprint density at radius 3 is 3.00 bits per heavy atom. The number of nitrogens with one attached hydrogen (secondary N) is 1. The lowest BCUT2D eigenvalue weighted by atomic mass is 10.1. The molecule has 1 aromatic carbocycles. The van der Waals surface area contributed by atoms with E-state index in [1.165, 1.54) is 5.56 Å². The molecule has 1 aromatic heterocycles. The summed E-state index contributed by atoms with van der Waals surface area (Å²) in [7, 11) is 0. The Morgan fingerprint density at radius 1 is 1.47 bits per heavy atom. The number of hydrogen-bond donors (Lipinski definition) is 1. The van der Waals surface area contributed by atoms with E-state index in [0.29, 0.717) is 0 Å². The highest BCUT2D eigenvalue weighted by atomic mass is 79.9. The van der Waals surface area contributed by atoms with E-state index in [-0.39, 0.29) is 6.04 Å². The smallest absolute Gasteiger partial charge is 0.203 e. The first-order chi connectivity index (χ1) is 8.20. The minimum Gasteiger partial charge on any atom is -0.349 e. The number of anilines is 1. The summed E-state index contributed by atoms with van der Waals surface area (Å²) in [5, 5.41) is 3.42. The van der Waals surface area contributed by atoms with Gasteiger partial charge >= 0.3 is 0 Å². The zero-order valence-electron chi connectivity index (χ0n) is 10.0. The first-order valence-corrected chi connectivity index (χ1v) is 6.53. The lowest BCUT2D eigenvalue weighted by Crippen LogP contribution is -2.11. The summed E-state index contributed by atoms with van der Waals surface area (Å²) >= 11 is 3.49. The number of halogens is 1. The van der Waals surface area contributed by atoms with Crippen molar-refractivity contribution in [3.63, 3.8) is 0 Å². The van der Waals surface area contributed by atoms with E-state index in [4.69, 9.17) is 0 Å². The fourth-order valence-electron chi connectivity index (χ4n) is 1.76. The van der Waals surface area contributed by atoms with Crippen molar-refractivity contribution in [2.75, 3.05) is 5.32 Å². The van der Waals surface area contributed by atoms with Crippen LogP contribution in [0, 0.1) is 0 Å². The highest BCUT2D eigenvalue weighted by Gasteiger charge is 2.08. The minimum atomic E-state index is 0.236. The second kappa shape index (κ2) is 5.36. The number of hydrogen-bond acceptors (Lipinski definition) is 2. The Balaban J connectivity index is 2.14. The van der Waals surface area contributed by atoms with Crippen LogP contribution in [0.2, 0.25) is 0 Å². The first kappa shape index (κ1) is 12.2. The van der Waals surface area contributed by atoms with Crippen molar-refractivity contribution in [3.05, 3.63) is 46.7 Å². The van der Waals surface area contributed by atoms with Gasteiger partial charge in [0.1, 0.15) is 0 Å². The first-order valence-electron chi connectivity index (χ1n) is 5.74. The van der Waals surface area contributed by atoms with Crippen molar-refractivity contribution in [2.45, 2.75) is 26.4 Å². The van der Waals surface area contributed by atoms with Crippen molar-refractivity contribution in [3.8, 4) is 0 Å². The number of aryl methyl sites for hydroxylation is 1. The van der Waals surface area contributed by atoms with Crippen LogP contribution in [-0.2, 0) is 6.54 Å². The van der Waals surface area contributed by atoms with Crippen LogP contribution in [0.25, 0.3) is 0 Å². The molecule has 1 heterocycles. The summed E-state index contributed by atoms with van der Waals surface area (Å²) in [5.74, 6) is 0.917. The number of imidazole rings is 1. The molecule has 0 amide bonds. The number of nitrogens with zero attached hydrogens (tertiary/aromatic N) is 2. The van der Waals surface area contributed by atoms with Gasteiger partial charge in [0.2, 0.25) is 5.95 Å². The molecule has 0 spiro atoms. The molecule has 2 rings (SSSR count). The Labute approximate surface area is 110 Å². The fourth-order valence-corrected chi connectivity index (χ4v) is 2.17. The van der Waals surface area contributed by atoms with Gasteiger partial charge in [-0.2, -0.15) is 0 Å². The lowest BCUT2D eigenvalue weighted by Gasteiger charge is -2.16. The van der Waals surface area contributed by atoms with Crippen LogP contribution < -0.4 is 5.32 Å². The fraction of sp³-hybridized carbons (Fsp3) is 0.308. The quantitative estimate of drug-likeness (QED) is 0.928.